The smallest absolute Gasteiger partial charge is 0.303 e. The summed E-state index contributed by atoms with van der Waals surface area (Å²) >= 11 is 0. The molecule has 2 heterocycles. The number of carbonyl (C=O) groups excluding carboxylic acids is 5. The lowest BCUT2D eigenvalue weighted by Gasteiger charge is -2.46. The Morgan fingerprint density at radius 1 is 0.878 bits per heavy atom. The van der Waals surface area contributed by atoms with Gasteiger partial charge in [-0.15, -0.1) is 0 Å². The minimum absolute atomic E-state index is 0.00655. The maximum Gasteiger partial charge on any atom is 0.303 e. The van der Waals surface area contributed by atoms with Crippen molar-refractivity contribution in [2.45, 2.75) is 58.3 Å². The topological polar surface area (TPSA) is 169 Å². The van der Waals surface area contributed by atoms with Crippen LogP contribution in [0.15, 0.2) is 54.6 Å². The molecule has 1 saturated heterocycles. The fourth-order valence-electron chi connectivity index (χ4n) is 4.82. The molecule has 41 heavy (non-hydrogen) atoms. The van der Waals surface area contributed by atoms with Crippen molar-refractivity contribution in [1.82, 2.24) is 0 Å². The number of non-ortho nitro benzene ring substituents is 1. The second kappa shape index (κ2) is 11.7. The van der Waals surface area contributed by atoms with Crippen molar-refractivity contribution in [2.24, 2.45) is 0 Å². The molecule has 0 bridgehead atoms. The van der Waals surface area contributed by atoms with E-state index < -0.39 is 65.2 Å². The first-order valence-electron chi connectivity index (χ1n) is 12.5. The summed E-state index contributed by atoms with van der Waals surface area (Å²) in [7, 11) is 0. The minimum atomic E-state index is -1.42. The maximum atomic E-state index is 13.9. The van der Waals surface area contributed by atoms with Gasteiger partial charge in [0.05, 0.1) is 22.3 Å². The summed E-state index contributed by atoms with van der Waals surface area (Å²) < 4.78 is 22.4. The fourth-order valence-corrected chi connectivity index (χ4v) is 4.82. The van der Waals surface area contributed by atoms with Crippen molar-refractivity contribution in [1.29, 1.82) is 0 Å². The Morgan fingerprint density at radius 2 is 1.44 bits per heavy atom. The molecule has 0 aliphatic carbocycles. The van der Waals surface area contributed by atoms with Crippen LogP contribution in [0, 0.1) is 10.1 Å². The zero-order chi connectivity index (χ0) is 30.0. The number of nitro benzene ring substituents is 1. The van der Waals surface area contributed by atoms with Crippen molar-refractivity contribution in [3.63, 3.8) is 0 Å². The summed E-state index contributed by atoms with van der Waals surface area (Å²) in [6.07, 6.45) is -5.07. The van der Waals surface area contributed by atoms with Crippen LogP contribution in [0.4, 0.5) is 11.4 Å². The molecule has 1 amide bonds. The molecule has 0 aromatic heterocycles. The Kier molecular flexibility index (Phi) is 8.28. The number of benzene rings is 2. The number of nitrogens with zero attached hydrogens (tertiary/aromatic N) is 2. The number of amides is 1. The van der Waals surface area contributed by atoms with E-state index in [-0.39, 0.29) is 16.8 Å². The van der Waals surface area contributed by atoms with Gasteiger partial charge in [-0.25, -0.2) is 0 Å². The molecule has 2 aliphatic rings. The lowest BCUT2D eigenvalue weighted by atomic mass is 9.97. The van der Waals surface area contributed by atoms with Crippen LogP contribution < -0.4 is 4.90 Å². The highest BCUT2D eigenvalue weighted by Crippen LogP contribution is 2.42. The number of carbonyl (C=O) groups is 5. The summed E-state index contributed by atoms with van der Waals surface area (Å²) in [6.45, 7) is 4.95. The number of nitro groups is 1. The number of ketones is 1. The van der Waals surface area contributed by atoms with Crippen molar-refractivity contribution in [3.8, 4) is 0 Å². The summed E-state index contributed by atoms with van der Waals surface area (Å²) in [4.78, 5) is 74.5. The molecule has 0 unspecified atom stereocenters. The van der Waals surface area contributed by atoms with Crippen molar-refractivity contribution in [3.05, 3.63) is 75.8 Å². The van der Waals surface area contributed by atoms with Gasteiger partial charge >= 0.3 is 17.9 Å². The van der Waals surface area contributed by atoms with E-state index in [4.69, 9.17) is 18.9 Å². The SMILES string of the molecule is CC(=O)O[C@@H]1[C@@H](OC(C)=O)[C@H](C)O[C@H](N2C(=O)/C(=C/C(=O)c3ccc([N+](=O)[O-])cc3)c3ccccc32)[C@@H]1OC(C)=O. The molecule has 4 rings (SSSR count). The van der Waals surface area contributed by atoms with Gasteiger partial charge in [-0.05, 0) is 31.2 Å². The van der Waals surface area contributed by atoms with Crippen LogP contribution in [0.3, 0.4) is 0 Å². The van der Waals surface area contributed by atoms with E-state index in [0.717, 1.165) is 26.8 Å². The Morgan fingerprint density at radius 3 is 2.02 bits per heavy atom. The maximum absolute atomic E-state index is 13.9. The second-order valence-electron chi connectivity index (χ2n) is 9.37. The highest BCUT2D eigenvalue weighted by Gasteiger charge is 2.55. The minimum Gasteiger partial charge on any atom is -0.456 e. The molecule has 5 atom stereocenters. The van der Waals surface area contributed by atoms with Gasteiger partial charge in [0.1, 0.15) is 0 Å². The number of para-hydroxylation sites is 1. The van der Waals surface area contributed by atoms with Crippen LogP contribution in [-0.2, 0) is 38.1 Å². The summed E-state index contributed by atoms with van der Waals surface area (Å²) in [5.41, 5.74) is 0.607. The number of hydrogen-bond donors (Lipinski definition) is 0. The van der Waals surface area contributed by atoms with E-state index in [1.165, 1.54) is 29.2 Å². The first kappa shape index (κ1) is 29.1. The van der Waals surface area contributed by atoms with E-state index in [9.17, 15) is 34.1 Å². The van der Waals surface area contributed by atoms with Crippen molar-refractivity contribution in [2.75, 3.05) is 4.90 Å². The van der Waals surface area contributed by atoms with Gasteiger partial charge in [0.25, 0.3) is 11.6 Å². The van der Waals surface area contributed by atoms with Crippen LogP contribution in [0.5, 0.6) is 0 Å². The fraction of sp³-hybridized carbons (Fsp3) is 0.321. The number of esters is 3. The van der Waals surface area contributed by atoms with Crippen molar-refractivity contribution < 1.29 is 47.8 Å². The first-order valence-corrected chi connectivity index (χ1v) is 12.5. The molecule has 214 valence electrons. The van der Waals surface area contributed by atoms with Crippen LogP contribution in [0.1, 0.15) is 43.6 Å². The molecule has 0 saturated carbocycles. The molecule has 2 aromatic rings. The monoisotopic (exact) mass is 566 g/mol. The predicted molar refractivity (Wildman–Crippen MR) is 140 cm³/mol. The van der Waals surface area contributed by atoms with Gasteiger partial charge in [-0.3, -0.25) is 39.0 Å². The van der Waals surface area contributed by atoms with E-state index in [1.807, 2.05) is 0 Å². The Labute approximate surface area is 233 Å². The third kappa shape index (κ3) is 5.99. The van der Waals surface area contributed by atoms with Crippen LogP contribution >= 0.6 is 0 Å². The molecule has 0 spiro atoms. The normalized spacial score (nSPS) is 24.4. The molecular weight excluding hydrogens is 540 g/mol. The molecule has 13 nitrogen and oxygen atoms in total. The third-order valence-corrected chi connectivity index (χ3v) is 6.45. The van der Waals surface area contributed by atoms with E-state index in [0.29, 0.717) is 11.3 Å². The zero-order valence-electron chi connectivity index (χ0n) is 22.5. The Bertz CT molecular complexity index is 1450. The number of allylic oxidation sites excluding steroid dienone is 1. The molecule has 1 fully saturated rings. The number of anilines is 1. The third-order valence-electron chi connectivity index (χ3n) is 6.45. The lowest BCUT2D eigenvalue weighted by molar-refractivity contribution is -0.384. The molecule has 2 aliphatic heterocycles. The second-order valence-corrected chi connectivity index (χ2v) is 9.37. The highest BCUT2D eigenvalue weighted by atomic mass is 16.7. The van der Waals surface area contributed by atoms with E-state index >= 15 is 0 Å². The zero-order valence-corrected chi connectivity index (χ0v) is 22.5. The van der Waals surface area contributed by atoms with Gasteiger partial charge in [0.2, 0.25) is 0 Å². The van der Waals surface area contributed by atoms with Crippen LogP contribution in [-0.4, -0.2) is 65.2 Å². The first-order chi connectivity index (χ1) is 19.4. The van der Waals surface area contributed by atoms with Gasteiger partial charge in [0, 0.05) is 44.0 Å². The van der Waals surface area contributed by atoms with Gasteiger partial charge in [-0.2, -0.15) is 0 Å². The summed E-state index contributed by atoms with van der Waals surface area (Å²) in [6, 6.07) is 11.4. The average Bonchev–Trinajstić information content (AvgIpc) is 3.17. The summed E-state index contributed by atoms with van der Waals surface area (Å²) in [5, 5.41) is 11.0. The highest BCUT2D eigenvalue weighted by molar-refractivity contribution is 6.36. The van der Waals surface area contributed by atoms with E-state index in [2.05, 4.69) is 0 Å². The number of ether oxygens (including phenoxy) is 4. The lowest BCUT2D eigenvalue weighted by Crippen LogP contribution is -2.65. The Balaban J connectivity index is 1.77. The molecule has 13 heteroatoms. The molecular formula is C28H26N2O11. The predicted octanol–water partition coefficient (Wildman–Crippen LogP) is 2.75. The molecule has 2 aromatic carbocycles. The molecule has 0 N–H and O–H groups in total. The largest absolute Gasteiger partial charge is 0.456 e. The van der Waals surface area contributed by atoms with Crippen LogP contribution in [0.2, 0.25) is 0 Å². The van der Waals surface area contributed by atoms with Crippen molar-refractivity contribution >= 4 is 46.5 Å². The molecule has 0 radical (unpaired) electrons. The quantitative estimate of drug-likeness (QED) is 0.121. The number of fused-ring (bicyclic) bond motifs is 1. The Hall–Kier alpha value is -4.91. The van der Waals surface area contributed by atoms with Crippen LogP contribution in [0.25, 0.3) is 5.57 Å². The average molecular weight is 567 g/mol. The van der Waals surface area contributed by atoms with E-state index in [1.54, 1.807) is 31.2 Å². The van der Waals surface area contributed by atoms with Gasteiger partial charge in [0.15, 0.2) is 30.3 Å². The van der Waals surface area contributed by atoms with Gasteiger partial charge < -0.3 is 18.9 Å². The number of rotatable bonds is 7. The number of hydrogen-bond acceptors (Lipinski definition) is 11. The standard InChI is InChI=1S/C28H26N2O11/c1-14-24(39-15(2)31)25(40-16(3)32)26(41-17(4)33)28(38-14)29-22-8-6-5-7-20(22)21(27(29)35)13-23(34)18-9-11-19(12-10-18)30(36)37/h5-14,24-26,28H,1-4H3/b21-13+/t14-,24-,25+,26+,28-/m0/s1. The van der Waals surface area contributed by atoms with Gasteiger partial charge in [-0.1, -0.05) is 18.2 Å². The summed E-state index contributed by atoms with van der Waals surface area (Å²) in [5.74, 6) is -3.48.